The molecule has 2 aromatic carbocycles. The number of methoxy groups -OCH3 is 1. The van der Waals surface area contributed by atoms with E-state index in [-0.39, 0.29) is 12.5 Å². The minimum Gasteiger partial charge on any atom is -0.486 e. The number of thiazole rings is 1. The number of ether oxygens (including phenoxy) is 3. The first kappa shape index (κ1) is 26.9. The first-order chi connectivity index (χ1) is 18.1. The van der Waals surface area contributed by atoms with Gasteiger partial charge in [-0.1, -0.05) is 24.3 Å². The van der Waals surface area contributed by atoms with E-state index in [0.29, 0.717) is 39.2 Å². The molecule has 11 heteroatoms. The van der Waals surface area contributed by atoms with Crippen LogP contribution in [-0.2, 0) is 22.3 Å². The number of alkyl halides is 3. The molecule has 0 saturated carbocycles. The Morgan fingerprint density at radius 1 is 1.11 bits per heavy atom. The number of benzene rings is 2. The zero-order chi connectivity index (χ0) is 27.3. The first-order valence-corrected chi connectivity index (χ1v) is 12.2. The van der Waals surface area contributed by atoms with Crippen molar-refractivity contribution in [3.8, 4) is 22.8 Å². The fourth-order valence-corrected chi connectivity index (χ4v) is 4.71. The molecule has 0 bridgehead atoms. The highest BCUT2D eigenvalue weighted by molar-refractivity contribution is 7.12. The van der Waals surface area contributed by atoms with Crippen LogP contribution in [0.2, 0.25) is 0 Å². The summed E-state index contributed by atoms with van der Waals surface area (Å²) in [6.07, 6.45) is 2.65. The summed E-state index contributed by atoms with van der Waals surface area (Å²) in [6, 6.07) is 9.91. The van der Waals surface area contributed by atoms with Gasteiger partial charge in [0.15, 0.2) is 6.61 Å². The third-order valence-corrected chi connectivity index (χ3v) is 6.63. The summed E-state index contributed by atoms with van der Waals surface area (Å²) in [5.41, 5.74) is 1.07. The number of carboxylic acid groups (broad SMARTS) is 1. The molecule has 198 valence electrons. The lowest BCUT2D eigenvalue weighted by atomic mass is 10.0. The summed E-state index contributed by atoms with van der Waals surface area (Å²) < 4.78 is 55.6. The third-order valence-electron chi connectivity index (χ3n) is 5.50. The summed E-state index contributed by atoms with van der Waals surface area (Å²) in [4.78, 5) is 20.5. The molecule has 0 saturated heterocycles. The van der Waals surface area contributed by atoms with Gasteiger partial charge in [-0.05, 0) is 48.9 Å². The van der Waals surface area contributed by atoms with E-state index in [4.69, 9.17) is 24.3 Å². The highest BCUT2D eigenvalue weighted by Crippen LogP contribution is 2.38. The Bertz CT molecular complexity index is 1390. The molecule has 0 amide bonds. The van der Waals surface area contributed by atoms with Crippen LogP contribution in [0, 0.1) is 6.92 Å². The van der Waals surface area contributed by atoms with E-state index < -0.39 is 24.3 Å². The van der Waals surface area contributed by atoms with E-state index in [0.717, 1.165) is 17.0 Å². The maximum Gasteiger partial charge on any atom is 0.416 e. The van der Waals surface area contributed by atoms with Crippen LogP contribution in [0.3, 0.4) is 0 Å². The number of halogens is 3. The van der Waals surface area contributed by atoms with Gasteiger partial charge in [-0.2, -0.15) is 13.2 Å². The topological polar surface area (TPSA) is 90.2 Å². The zero-order valence-corrected chi connectivity index (χ0v) is 21.2. The number of allylic oxidation sites excluding steroid dienone is 2. The Kier molecular flexibility index (Phi) is 8.16. The SMILES string of the molecule is COC1=NC=CC(c2sc(COc3ccc(OCC(=O)O)c(C)c3)nc2-c2ccc(C(F)(F)F)cc2)C=C1. The van der Waals surface area contributed by atoms with Gasteiger partial charge in [0.05, 0.1) is 18.4 Å². The summed E-state index contributed by atoms with van der Waals surface area (Å²) in [5, 5.41) is 9.42. The molecule has 1 atom stereocenters. The number of hydrogen-bond donors (Lipinski definition) is 1. The molecule has 0 aliphatic carbocycles. The van der Waals surface area contributed by atoms with Gasteiger partial charge in [0.1, 0.15) is 23.1 Å². The molecule has 1 aliphatic heterocycles. The van der Waals surface area contributed by atoms with E-state index in [1.54, 1.807) is 37.4 Å². The summed E-state index contributed by atoms with van der Waals surface area (Å²) in [7, 11) is 1.51. The minimum atomic E-state index is -4.44. The molecule has 3 aromatic rings. The van der Waals surface area contributed by atoms with Crippen molar-refractivity contribution >= 4 is 23.2 Å². The molecule has 0 spiro atoms. The number of hydrogen-bond acceptors (Lipinski definition) is 7. The van der Waals surface area contributed by atoms with Crippen molar-refractivity contribution in [1.82, 2.24) is 4.98 Å². The van der Waals surface area contributed by atoms with E-state index in [9.17, 15) is 18.0 Å². The third kappa shape index (κ3) is 6.60. The van der Waals surface area contributed by atoms with Crippen LogP contribution in [0.5, 0.6) is 11.5 Å². The number of rotatable bonds is 8. The van der Waals surface area contributed by atoms with Crippen molar-refractivity contribution in [3.63, 3.8) is 0 Å². The standard InChI is InChI=1S/C27H23F3N2O5S/c1-16-13-20(8-9-21(16)37-15-24(33)34)36-14-23-32-25(17-3-6-19(7-4-17)27(28,29)30)26(38-23)18-5-10-22(35-2)31-12-11-18/h3-13,18H,14-15H2,1-2H3,(H,33,34). The molecule has 2 heterocycles. The highest BCUT2D eigenvalue weighted by atomic mass is 32.1. The van der Waals surface area contributed by atoms with Crippen molar-refractivity contribution in [2.24, 2.45) is 4.99 Å². The molecule has 1 unspecified atom stereocenters. The van der Waals surface area contributed by atoms with Gasteiger partial charge in [-0.3, -0.25) is 0 Å². The highest BCUT2D eigenvalue weighted by Gasteiger charge is 2.30. The Hall–Kier alpha value is -4.12. The maximum atomic E-state index is 13.1. The van der Waals surface area contributed by atoms with Crippen LogP contribution in [0.15, 0.2) is 71.9 Å². The number of nitrogens with zero attached hydrogens (tertiary/aromatic N) is 2. The van der Waals surface area contributed by atoms with Gasteiger partial charge in [0.25, 0.3) is 0 Å². The predicted molar refractivity (Wildman–Crippen MR) is 137 cm³/mol. The maximum absolute atomic E-state index is 13.1. The van der Waals surface area contributed by atoms with Crippen LogP contribution in [0.4, 0.5) is 13.2 Å². The molecule has 38 heavy (non-hydrogen) atoms. The Balaban J connectivity index is 1.60. The van der Waals surface area contributed by atoms with Crippen LogP contribution in [0.1, 0.15) is 26.9 Å². The van der Waals surface area contributed by atoms with E-state index >= 15 is 0 Å². The molecule has 0 fully saturated rings. The molecular formula is C27H23F3N2O5S. The minimum absolute atomic E-state index is 0.118. The van der Waals surface area contributed by atoms with Crippen molar-refractivity contribution in [3.05, 3.63) is 87.9 Å². The lowest BCUT2D eigenvalue weighted by molar-refractivity contribution is -0.139. The van der Waals surface area contributed by atoms with E-state index in [1.165, 1.54) is 30.6 Å². The molecule has 1 aromatic heterocycles. The lowest BCUT2D eigenvalue weighted by Gasteiger charge is -2.10. The summed E-state index contributed by atoms with van der Waals surface area (Å²) in [6.45, 7) is 1.44. The van der Waals surface area contributed by atoms with Crippen molar-refractivity contribution < 1.29 is 37.3 Å². The number of aliphatic carboxylic acids is 1. The van der Waals surface area contributed by atoms with E-state index in [2.05, 4.69) is 4.99 Å². The second-order valence-corrected chi connectivity index (χ2v) is 9.31. The summed E-state index contributed by atoms with van der Waals surface area (Å²) >= 11 is 1.38. The average Bonchev–Trinajstić information content (AvgIpc) is 3.16. The first-order valence-electron chi connectivity index (χ1n) is 11.4. The second kappa shape index (κ2) is 11.5. The quantitative estimate of drug-likeness (QED) is 0.353. The van der Waals surface area contributed by atoms with Gasteiger partial charge in [-0.15, -0.1) is 11.3 Å². The number of aryl methyl sites for hydroxylation is 1. The summed E-state index contributed by atoms with van der Waals surface area (Å²) in [5.74, 6) is 0.0919. The Morgan fingerprint density at radius 2 is 1.87 bits per heavy atom. The molecule has 1 N–H and O–H groups in total. The number of carbonyl (C=O) groups is 1. The van der Waals surface area contributed by atoms with Gasteiger partial charge in [0, 0.05) is 22.6 Å². The fourth-order valence-electron chi connectivity index (χ4n) is 3.65. The molecular weight excluding hydrogens is 521 g/mol. The van der Waals surface area contributed by atoms with Crippen LogP contribution < -0.4 is 9.47 Å². The average molecular weight is 545 g/mol. The van der Waals surface area contributed by atoms with Gasteiger partial charge >= 0.3 is 12.1 Å². The monoisotopic (exact) mass is 544 g/mol. The normalized spacial score (nSPS) is 15.1. The van der Waals surface area contributed by atoms with Crippen LogP contribution in [-0.4, -0.2) is 35.7 Å². The Morgan fingerprint density at radius 3 is 2.53 bits per heavy atom. The molecule has 7 nitrogen and oxygen atoms in total. The fraction of sp³-hybridized carbons (Fsp3) is 0.222. The molecule has 0 radical (unpaired) electrons. The zero-order valence-electron chi connectivity index (χ0n) is 20.4. The smallest absolute Gasteiger partial charge is 0.416 e. The van der Waals surface area contributed by atoms with Crippen LogP contribution >= 0.6 is 11.3 Å². The van der Waals surface area contributed by atoms with Gasteiger partial charge in [0.2, 0.25) is 5.90 Å². The van der Waals surface area contributed by atoms with E-state index in [1.807, 2.05) is 12.2 Å². The van der Waals surface area contributed by atoms with Crippen molar-refractivity contribution in [2.75, 3.05) is 13.7 Å². The lowest BCUT2D eigenvalue weighted by Crippen LogP contribution is -2.10. The molecule has 1 aliphatic rings. The predicted octanol–water partition coefficient (Wildman–Crippen LogP) is 6.39. The number of aliphatic imine (C=N–C) groups is 1. The number of aromatic nitrogens is 1. The second-order valence-electron chi connectivity index (χ2n) is 8.19. The largest absolute Gasteiger partial charge is 0.486 e. The van der Waals surface area contributed by atoms with Crippen molar-refractivity contribution in [2.45, 2.75) is 25.6 Å². The van der Waals surface area contributed by atoms with Gasteiger partial charge < -0.3 is 19.3 Å². The van der Waals surface area contributed by atoms with Crippen LogP contribution in [0.25, 0.3) is 11.3 Å². The van der Waals surface area contributed by atoms with Crippen molar-refractivity contribution in [1.29, 1.82) is 0 Å². The Labute approximate surface area is 220 Å². The molecule has 4 rings (SSSR count). The number of carboxylic acids is 1. The van der Waals surface area contributed by atoms with Gasteiger partial charge in [-0.25, -0.2) is 14.8 Å².